The Kier molecular flexibility index (Phi) is 2.77. The SMILES string of the molecule is c1ccc(-c2nnc(OC3C4CC5CC3CN(C5)C4)o2)cc1. The summed E-state index contributed by atoms with van der Waals surface area (Å²) in [6, 6.07) is 9.83. The average molecular weight is 297 g/mol. The van der Waals surface area contributed by atoms with Crippen molar-refractivity contribution in [2.45, 2.75) is 18.9 Å². The van der Waals surface area contributed by atoms with Gasteiger partial charge in [-0.15, -0.1) is 5.10 Å². The van der Waals surface area contributed by atoms with Crippen LogP contribution in [0.5, 0.6) is 6.08 Å². The van der Waals surface area contributed by atoms with Crippen LogP contribution < -0.4 is 4.74 Å². The summed E-state index contributed by atoms with van der Waals surface area (Å²) < 4.78 is 11.8. The minimum atomic E-state index is 0.247. The fourth-order valence-electron chi connectivity index (χ4n) is 4.63. The van der Waals surface area contributed by atoms with Crippen LogP contribution in [0.4, 0.5) is 0 Å². The summed E-state index contributed by atoms with van der Waals surface area (Å²) in [7, 11) is 0. The second-order valence-corrected chi connectivity index (χ2v) is 6.90. The van der Waals surface area contributed by atoms with Crippen molar-refractivity contribution in [3.05, 3.63) is 30.3 Å². The molecule has 4 bridgehead atoms. The predicted octanol–water partition coefficient (Wildman–Crippen LogP) is 2.46. The minimum absolute atomic E-state index is 0.247. The van der Waals surface area contributed by atoms with Crippen molar-refractivity contribution in [3.8, 4) is 17.5 Å². The van der Waals surface area contributed by atoms with E-state index in [4.69, 9.17) is 9.15 Å². The van der Waals surface area contributed by atoms with E-state index in [1.54, 1.807) is 0 Å². The average Bonchev–Trinajstić information content (AvgIpc) is 3.00. The van der Waals surface area contributed by atoms with E-state index in [9.17, 15) is 0 Å². The van der Waals surface area contributed by atoms with Gasteiger partial charge in [0.15, 0.2) is 0 Å². The van der Waals surface area contributed by atoms with Gasteiger partial charge in [-0.25, -0.2) is 0 Å². The molecule has 0 N–H and O–H groups in total. The molecule has 22 heavy (non-hydrogen) atoms. The monoisotopic (exact) mass is 297 g/mol. The molecule has 4 fully saturated rings. The van der Waals surface area contributed by atoms with Gasteiger partial charge in [-0.3, -0.25) is 0 Å². The van der Waals surface area contributed by atoms with Crippen LogP contribution in [0.1, 0.15) is 12.8 Å². The van der Waals surface area contributed by atoms with Crippen LogP contribution in [0.25, 0.3) is 11.5 Å². The molecule has 114 valence electrons. The maximum Gasteiger partial charge on any atom is 0.415 e. The summed E-state index contributed by atoms with van der Waals surface area (Å²) in [6.07, 6.45) is 3.15. The van der Waals surface area contributed by atoms with Crippen molar-refractivity contribution in [2.24, 2.45) is 17.8 Å². The molecular weight excluding hydrogens is 278 g/mol. The molecule has 5 heteroatoms. The van der Waals surface area contributed by atoms with Gasteiger partial charge in [0.25, 0.3) is 5.89 Å². The van der Waals surface area contributed by atoms with Crippen LogP contribution in [0.3, 0.4) is 0 Å². The molecule has 0 radical (unpaired) electrons. The quantitative estimate of drug-likeness (QED) is 0.871. The fraction of sp³-hybridized carbons (Fsp3) is 0.529. The molecule has 1 aromatic heterocycles. The number of nitrogens with zero attached hydrogens (tertiary/aromatic N) is 3. The number of piperidine rings is 3. The maximum atomic E-state index is 6.13. The molecule has 2 atom stereocenters. The number of benzene rings is 1. The van der Waals surface area contributed by atoms with Gasteiger partial charge in [0.2, 0.25) is 0 Å². The zero-order chi connectivity index (χ0) is 14.5. The summed E-state index contributed by atoms with van der Waals surface area (Å²) in [5.41, 5.74) is 0.932. The second-order valence-electron chi connectivity index (χ2n) is 6.90. The van der Waals surface area contributed by atoms with Crippen LogP contribution in [0.15, 0.2) is 34.7 Å². The third-order valence-corrected chi connectivity index (χ3v) is 5.37. The fourth-order valence-corrected chi connectivity index (χ4v) is 4.63. The van der Waals surface area contributed by atoms with Crippen LogP contribution in [0.2, 0.25) is 0 Å². The van der Waals surface area contributed by atoms with E-state index >= 15 is 0 Å². The number of rotatable bonds is 3. The Morgan fingerprint density at radius 1 is 1.00 bits per heavy atom. The first-order valence-electron chi connectivity index (χ1n) is 8.13. The van der Waals surface area contributed by atoms with E-state index in [0.717, 1.165) is 24.6 Å². The van der Waals surface area contributed by atoms with Gasteiger partial charge in [-0.05, 0) is 30.9 Å². The van der Waals surface area contributed by atoms with E-state index in [0.29, 0.717) is 23.8 Å². The Morgan fingerprint density at radius 2 is 1.77 bits per heavy atom. The topological polar surface area (TPSA) is 51.4 Å². The molecule has 3 aliphatic heterocycles. The van der Waals surface area contributed by atoms with E-state index < -0.39 is 0 Å². The van der Waals surface area contributed by atoms with Crippen molar-refractivity contribution in [2.75, 3.05) is 19.6 Å². The molecule has 2 unspecified atom stereocenters. The maximum absolute atomic E-state index is 6.13. The van der Waals surface area contributed by atoms with Crippen molar-refractivity contribution in [3.63, 3.8) is 0 Å². The normalized spacial score (nSPS) is 35.7. The van der Waals surface area contributed by atoms with Gasteiger partial charge in [-0.2, -0.15) is 0 Å². The summed E-state index contributed by atoms with van der Waals surface area (Å²) in [4.78, 5) is 2.59. The van der Waals surface area contributed by atoms with Crippen molar-refractivity contribution in [1.82, 2.24) is 15.1 Å². The lowest BCUT2D eigenvalue weighted by Crippen LogP contribution is -2.61. The van der Waals surface area contributed by atoms with E-state index in [2.05, 4.69) is 15.1 Å². The van der Waals surface area contributed by atoms with Crippen molar-refractivity contribution < 1.29 is 9.15 Å². The van der Waals surface area contributed by atoms with E-state index in [1.165, 1.54) is 19.4 Å². The van der Waals surface area contributed by atoms with Gasteiger partial charge >= 0.3 is 6.08 Å². The summed E-state index contributed by atoms with van der Waals surface area (Å²) in [6.45, 7) is 3.62. The molecule has 4 aliphatic rings. The highest BCUT2D eigenvalue weighted by atomic mass is 16.6. The Labute approximate surface area is 129 Å². The summed E-state index contributed by atoms with van der Waals surface area (Å²) in [5, 5.41) is 8.21. The summed E-state index contributed by atoms with van der Waals surface area (Å²) >= 11 is 0. The Balaban J connectivity index is 1.35. The molecule has 0 amide bonds. The first kappa shape index (κ1) is 12.6. The minimum Gasteiger partial charge on any atom is -0.445 e. The largest absolute Gasteiger partial charge is 0.445 e. The Morgan fingerprint density at radius 3 is 2.50 bits per heavy atom. The van der Waals surface area contributed by atoms with Crippen LogP contribution in [0, 0.1) is 17.8 Å². The highest BCUT2D eigenvalue weighted by Gasteiger charge is 2.49. The number of aromatic nitrogens is 2. The molecule has 1 aromatic carbocycles. The Hall–Kier alpha value is -1.88. The van der Waals surface area contributed by atoms with Gasteiger partial charge in [0, 0.05) is 37.0 Å². The van der Waals surface area contributed by atoms with Crippen LogP contribution >= 0.6 is 0 Å². The molecule has 4 heterocycles. The zero-order valence-electron chi connectivity index (χ0n) is 12.4. The number of ether oxygens (including phenoxy) is 1. The van der Waals surface area contributed by atoms with Gasteiger partial charge in [0.1, 0.15) is 6.10 Å². The number of hydrogen-bond donors (Lipinski definition) is 0. The molecule has 0 spiro atoms. The lowest BCUT2D eigenvalue weighted by atomic mass is 9.66. The molecule has 6 rings (SSSR count). The Bertz CT molecular complexity index is 642. The predicted molar refractivity (Wildman–Crippen MR) is 80.3 cm³/mol. The number of hydrogen-bond acceptors (Lipinski definition) is 5. The smallest absolute Gasteiger partial charge is 0.415 e. The van der Waals surface area contributed by atoms with Gasteiger partial charge in [0.05, 0.1) is 0 Å². The van der Waals surface area contributed by atoms with E-state index in [-0.39, 0.29) is 6.10 Å². The van der Waals surface area contributed by atoms with Crippen molar-refractivity contribution >= 4 is 0 Å². The molecule has 1 aliphatic carbocycles. The molecule has 3 saturated heterocycles. The standard InChI is InChI=1S/C17H19N3O2/c1-2-4-12(5-3-1)16-18-19-17(22-16)21-15-13-6-11-7-14(15)10-20(8-11)9-13/h1-5,11,13-15H,6-10H2. The molecule has 2 aromatic rings. The second kappa shape index (κ2) is 4.81. The lowest BCUT2D eigenvalue weighted by Gasteiger charge is -2.54. The highest BCUT2D eigenvalue weighted by molar-refractivity contribution is 5.51. The van der Waals surface area contributed by atoms with Gasteiger partial charge < -0.3 is 14.1 Å². The first-order valence-corrected chi connectivity index (χ1v) is 8.13. The third-order valence-electron chi connectivity index (χ3n) is 5.37. The van der Waals surface area contributed by atoms with Crippen LogP contribution in [-0.2, 0) is 0 Å². The van der Waals surface area contributed by atoms with E-state index in [1.807, 2.05) is 30.3 Å². The lowest BCUT2D eigenvalue weighted by molar-refractivity contribution is -0.106. The van der Waals surface area contributed by atoms with Gasteiger partial charge in [-0.1, -0.05) is 23.3 Å². The summed E-state index contributed by atoms with van der Waals surface area (Å²) in [5.74, 6) is 2.65. The highest BCUT2D eigenvalue weighted by Crippen LogP contribution is 2.44. The molecule has 5 nitrogen and oxygen atoms in total. The van der Waals surface area contributed by atoms with Crippen molar-refractivity contribution in [1.29, 1.82) is 0 Å². The third kappa shape index (κ3) is 2.03. The first-order chi connectivity index (χ1) is 10.8. The molecule has 1 saturated carbocycles. The van der Waals surface area contributed by atoms with Crippen LogP contribution in [-0.4, -0.2) is 40.8 Å². The molecular formula is C17H19N3O2. The zero-order valence-corrected chi connectivity index (χ0v) is 12.4.